The van der Waals surface area contributed by atoms with Crippen molar-refractivity contribution in [2.75, 3.05) is 26.2 Å². The zero-order valence-corrected chi connectivity index (χ0v) is 16.6. The molecule has 2 aliphatic rings. The van der Waals surface area contributed by atoms with Gasteiger partial charge in [-0.2, -0.15) is 10.1 Å². The first-order valence-corrected chi connectivity index (χ1v) is 9.78. The molecule has 28 heavy (non-hydrogen) atoms. The fourth-order valence-corrected chi connectivity index (χ4v) is 3.91. The van der Waals surface area contributed by atoms with Gasteiger partial charge in [-0.15, -0.1) is 0 Å². The molecule has 9 nitrogen and oxygen atoms in total. The van der Waals surface area contributed by atoms with Crippen LogP contribution in [0.4, 0.5) is 0 Å². The number of hydrogen-bond acceptors (Lipinski definition) is 6. The van der Waals surface area contributed by atoms with E-state index in [0.29, 0.717) is 37.0 Å². The molecule has 2 amide bonds. The molecule has 0 unspecified atom stereocenters. The van der Waals surface area contributed by atoms with E-state index >= 15 is 0 Å². The Labute approximate surface area is 163 Å². The summed E-state index contributed by atoms with van der Waals surface area (Å²) in [6.45, 7) is 6.40. The maximum atomic E-state index is 12.4. The molecule has 0 aliphatic carbocycles. The third-order valence-corrected chi connectivity index (χ3v) is 5.83. The summed E-state index contributed by atoms with van der Waals surface area (Å²) in [5, 5.41) is 8.41. The highest BCUT2D eigenvalue weighted by Gasteiger charge is 2.34. The van der Waals surface area contributed by atoms with Crippen LogP contribution in [0, 0.1) is 12.8 Å². The van der Waals surface area contributed by atoms with Crippen molar-refractivity contribution >= 4 is 11.8 Å². The summed E-state index contributed by atoms with van der Waals surface area (Å²) in [4.78, 5) is 32.1. The van der Waals surface area contributed by atoms with Gasteiger partial charge in [0, 0.05) is 64.1 Å². The molecule has 2 aliphatic heterocycles. The van der Waals surface area contributed by atoms with Crippen molar-refractivity contribution in [1.29, 1.82) is 0 Å². The highest BCUT2D eigenvalue weighted by molar-refractivity contribution is 5.92. The van der Waals surface area contributed by atoms with E-state index in [1.54, 1.807) is 16.5 Å². The third kappa shape index (κ3) is 3.65. The Hall–Kier alpha value is -2.71. The van der Waals surface area contributed by atoms with Crippen molar-refractivity contribution in [2.45, 2.75) is 39.0 Å². The minimum absolute atomic E-state index is 0.0246. The lowest BCUT2D eigenvalue weighted by atomic mass is 9.95. The van der Waals surface area contributed by atoms with Gasteiger partial charge in [0.15, 0.2) is 11.5 Å². The van der Waals surface area contributed by atoms with Crippen molar-refractivity contribution in [1.82, 2.24) is 29.7 Å². The first kappa shape index (κ1) is 18.6. The van der Waals surface area contributed by atoms with E-state index in [2.05, 4.69) is 15.2 Å². The van der Waals surface area contributed by atoms with Crippen LogP contribution in [0.1, 0.15) is 53.6 Å². The monoisotopic (exact) mass is 386 g/mol. The summed E-state index contributed by atoms with van der Waals surface area (Å²) in [5.74, 6) is 2.06. The predicted octanol–water partition coefficient (Wildman–Crippen LogP) is 1.15. The Morgan fingerprint density at radius 3 is 2.54 bits per heavy atom. The number of likely N-dealkylation sites (tertiary alicyclic amines) is 2. The van der Waals surface area contributed by atoms with Crippen molar-refractivity contribution in [3.05, 3.63) is 29.2 Å². The molecule has 2 fully saturated rings. The largest absolute Gasteiger partial charge is 0.343 e. The predicted molar refractivity (Wildman–Crippen MR) is 99.6 cm³/mol. The first-order chi connectivity index (χ1) is 13.4. The van der Waals surface area contributed by atoms with Crippen LogP contribution in [0.5, 0.6) is 0 Å². The second-order valence-corrected chi connectivity index (χ2v) is 7.90. The standard InChI is InChI=1S/C19H26N6O3/c1-12-8-16(21-23(12)3)19(27)25-10-14(11-25)9-17-20-18(22-28-17)15-4-6-24(7-5-15)13(2)26/h8,14-15H,4-7,9-11H2,1-3H3. The Kier molecular flexibility index (Phi) is 4.91. The number of piperidine rings is 1. The molecule has 2 saturated heterocycles. The lowest BCUT2D eigenvalue weighted by Crippen LogP contribution is -2.50. The summed E-state index contributed by atoms with van der Waals surface area (Å²) in [5.41, 5.74) is 1.46. The minimum Gasteiger partial charge on any atom is -0.343 e. The Balaban J connectivity index is 1.27. The number of aryl methyl sites for hydroxylation is 2. The number of rotatable bonds is 4. The second-order valence-electron chi connectivity index (χ2n) is 7.90. The van der Waals surface area contributed by atoms with E-state index in [-0.39, 0.29) is 17.7 Å². The number of aromatic nitrogens is 4. The van der Waals surface area contributed by atoms with E-state index in [1.807, 2.05) is 24.9 Å². The smallest absolute Gasteiger partial charge is 0.274 e. The van der Waals surface area contributed by atoms with Crippen LogP contribution >= 0.6 is 0 Å². The highest BCUT2D eigenvalue weighted by Crippen LogP contribution is 2.27. The van der Waals surface area contributed by atoms with E-state index in [1.165, 1.54) is 0 Å². The average Bonchev–Trinajstić information content (AvgIpc) is 3.24. The van der Waals surface area contributed by atoms with Crippen LogP contribution in [-0.2, 0) is 18.3 Å². The molecule has 2 aromatic rings. The molecule has 0 aromatic carbocycles. The number of nitrogens with zero attached hydrogens (tertiary/aromatic N) is 6. The molecule has 0 spiro atoms. The van der Waals surface area contributed by atoms with Crippen LogP contribution < -0.4 is 0 Å². The molecular formula is C19H26N6O3. The zero-order valence-electron chi connectivity index (χ0n) is 16.6. The van der Waals surface area contributed by atoms with Gasteiger partial charge in [0.05, 0.1) is 0 Å². The lowest BCUT2D eigenvalue weighted by Gasteiger charge is -2.38. The summed E-state index contributed by atoms with van der Waals surface area (Å²) in [6.07, 6.45) is 2.42. The van der Waals surface area contributed by atoms with Gasteiger partial charge < -0.3 is 14.3 Å². The van der Waals surface area contributed by atoms with Gasteiger partial charge >= 0.3 is 0 Å². The fourth-order valence-electron chi connectivity index (χ4n) is 3.91. The van der Waals surface area contributed by atoms with Crippen molar-refractivity contribution in [3.8, 4) is 0 Å². The van der Waals surface area contributed by atoms with Crippen LogP contribution in [0.3, 0.4) is 0 Å². The minimum atomic E-state index is -0.0246. The SMILES string of the molecule is CC(=O)N1CCC(c2noc(CC3CN(C(=O)c4cc(C)n(C)n4)C3)n2)CC1. The number of carbonyl (C=O) groups is 2. The second kappa shape index (κ2) is 7.37. The van der Waals surface area contributed by atoms with Gasteiger partial charge in [-0.25, -0.2) is 0 Å². The van der Waals surface area contributed by atoms with Gasteiger partial charge in [0.1, 0.15) is 0 Å². The molecule has 0 radical (unpaired) electrons. The van der Waals surface area contributed by atoms with Gasteiger partial charge in [-0.1, -0.05) is 5.16 Å². The molecule has 2 aromatic heterocycles. The van der Waals surface area contributed by atoms with Gasteiger partial charge in [0.2, 0.25) is 11.8 Å². The van der Waals surface area contributed by atoms with Crippen LogP contribution in [0.15, 0.2) is 10.6 Å². The van der Waals surface area contributed by atoms with Crippen LogP contribution in [-0.4, -0.2) is 67.7 Å². The van der Waals surface area contributed by atoms with Gasteiger partial charge in [0.25, 0.3) is 5.91 Å². The van der Waals surface area contributed by atoms with Crippen LogP contribution in [0.25, 0.3) is 0 Å². The van der Waals surface area contributed by atoms with E-state index < -0.39 is 0 Å². The Bertz CT molecular complexity index is 855. The molecule has 0 bridgehead atoms. The quantitative estimate of drug-likeness (QED) is 0.782. The van der Waals surface area contributed by atoms with E-state index in [4.69, 9.17) is 4.52 Å². The van der Waals surface area contributed by atoms with E-state index in [9.17, 15) is 9.59 Å². The molecule has 4 rings (SSSR count). The van der Waals surface area contributed by atoms with Crippen molar-refractivity contribution in [2.24, 2.45) is 13.0 Å². The Morgan fingerprint density at radius 2 is 1.93 bits per heavy atom. The molecule has 0 saturated carbocycles. The molecular weight excluding hydrogens is 360 g/mol. The molecule has 150 valence electrons. The van der Waals surface area contributed by atoms with Gasteiger partial charge in [-0.05, 0) is 25.8 Å². The summed E-state index contributed by atoms with van der Waals surface area (Å²) in [7, 11) is 1.84. The third-order valence-electron chi connectivity index (χ3n) is 5.83. The maximum absolute atomic E-state index is 12.4. The topological polar surface area (TPSA) is 97.4 Å². The molecule has 0 atom stereocenters. The van der Waals surface area contributed by atoms with Gasteiger partial charge in [-0.3, -0.25) is 14.3 Å². The fraction of sp³-hybridized carbons (Fsp3) is 0.632. The maximum Gasteiger partial charge on any atom is 0.274 e. The number of carbonyl (C=O) groups excluding carboxylic acids is 2. The van der Waals surface area contributed by atoms with E-state index in [0.717, 1.165) is 37.4 Å². The Morgan fingerprint density at radius 1 is 1.21 bits per heavy atom. The lowest BCUT2D eigenvalue weighted by molar-refractivity contribution is -0.129. The summed E-state index contributed by atoms with van der Waals surface area (Å²) in [6, 6.07) is 1.82. The first-order valence-electron chi connectivity index (χ1n) is 9.78. The molecule has 9 heteroatoms. The summed E-state index contributed by atoms with van der Waals surface area (Å²) < 4.78 is 7.15. The van der Waals surface area contributed by atoms with Crippen molar-refractivity contribution in [3.63, 3.8) is 0 Å². The molecule has 0 N–H and O–H groups in total. The van der Waals surface area contributed by atoms with Crippen molar-refractivity contribution < 1.29 is 14.1 Å². The normalized spacial score (nSPS) is 18.4. The average molecular weight is 386 g/mol. The zero-order chi connectivity index (χ0) is 19.8. The number of amides is 2. The molecule has 4 heterocycles. The van der Waals surface area contributed by atoms with Crippen LogP contribution in [0.2, 0.25) is 0 Å². The number of hydrogen-bond donors (Lipinski definition) is 0. The highest BCUT2D eigenvalue weighted by atomic mass is 16.5. The summed E-state index contributed by atoms with van der Waals surface area (Å²) >= 11 is 0.